The van der Waals surface area contributed by atoms with Crippen LogP contribution in [0, 0.1) is 0 Å². The SMILES string of the molecule is O=C(Cc1csc(-c2cc(Br)cs2)n1)N1CCN(c2ccc(O)cc2)CC1. The quantitative estimate of drug-likeness (QED) is 0.628. The van der Waals surface area contributed by atoms with E-state index < -0.39 is 0 Å². The Labute approximate surface area is 174 Å². The van der Waals surface area contributed by atoms with Gasteiger partial charge in [-0.05, 0) is 46.3 Å². The number of piperazine rings is 1. The average Bonchev–Trinajstić information content (AvgIpc) is 3.31. The highest BCUT2D eigenvalue weighted by Gasteiger charge is 2.22. The molecule has 2 aromatic heterocycles. The molecule has 0 bridgehead atoms. The second-order valence-electron chi connectivity index (χ2n) is 6.33. The summed E-state index contributed by atoms with van der Waals surface area (Å²) in [4.78, 5) is 22.5. The van der Waals surface area contributed by atoms with Crippen molar-refractivity contribution in [3.63, 3.8) is 0 Å². The van der Waals surface area contributed by atoms with Crippen molar-refractivity contribution in [2.75, 3.05) is 31.1 Å². The number of aromatic nitrogens is 1. The number of anilines is 1. The van der Waals surface area contributed by atoms with E-state index in [1.165, 1.54) is 0 Å². The lowest BCUT2D eigenvalue weighted by Crippen LogP contribution is -2.49. The molecule has 1 saturated heterocycles. The molecule has 1 amide bonds. The van der Waals surface area contributed by atoms with Crippen LogP contribution < -0.4 is 4.90 Å². The van der Waals surface area contributed by atoms with Crippen LogP contribution in [-0.4, -0.2) is 47.1 Å². The number of rotatable bonds is 4. The number of hydrogen-bond donors (Lipinski definition) is 1. The summed E-state index contributed by atoms with van der Waals surface area (Å²) in [7, 11) is 0. The molecule has 140 valence electrons. The molecule has 0 saturated carbocycles. The van der Waals surface area contributed by atoms with Crippen LogP contribution >= 0.6 is 38.6 Å². The van der Waals surface area contributed by atoms with Gasteiger partial charge in [-0.1, -0.05) is 0 Å². The van der Waals surface area contributed by atoms with Crippen molar-refractivity contribution in [1.29, 1.82) is 0 Å². The normalized spacial score (nSPS) is 14.6. The summed E-state index contributed by atoms with van der Waals surface area (Å²) in [5, 5.41) is 14.4. The van der Waals surface area contributed by atoms with Gasteiger partial charge >= 0.3 is 0 Å². The number of thiophene rings is 1. The molecule has 1 N–H and O–H groups in total. The van der Waals surface area contributed by atoms with E-state index in [1.54, 1.807) is 34.8 Å². The molecule has 1 aliphatic rings. The number of halogens is 1. The number of hydrogen-bond acceptors (Lipinski definition) is 6. The van der Waals surface area contributed by atoms with Gasteiger partial charge in [0.05, 0.1) is 17.0 Å². The number of nitrogens with zero attached hydrogens (tertiary/aromatic N) is 3. The molecule has 1 aromatic carbocycles. The Balaban J connectivity index is 1.33. The zero-order chi connectivity index (χ0) is 18.8. The average molecular weight is 464 g/mol. The summed E-state index contributed by atoms with van der Waals surface area (Å²) >= 11 is 6.69. The zero-order valence-electron chi connectivity index (χ0n) is 14.5. The predicted molar refractivity (Wildman–Crippen MR) is 114 cm³/mol. The van der Waals surface area contributed by atoms with E-state index in [0.717, 1.165) is 38.8 Å². The third-order valence-electron chi connectivity index (χ3n) is 4.51. The highest BCUT2D eigenvalue weighted by atomic mass is 79.9. The second kappa shape index (κ2) is 8.00. The summed E-state index contributed by atoms with van der Waals surface area (Å²) in [6, 6.07) is 9.26. The summed E-state index contributed by atoms with van der Waals surface area (Å²) < 4.78 is 1.06. The van der Waals surface area contributed by atoms with Crippen molar-refractivity contribution in [3.8, 4) is 15.6 Å². The number of aromatic hydroxyl groups is 1. The van der Waals surface area contributed by atoms with Gasteiger partial charge in [-0.15, -0.1) is 22.7 Å². The highest BCUT2D eigenvalue weighted by molar-refractivity contribution is 9.10. The lowest BCUT2D eigenvalue weighted by atomic mass is 10.2. The van der Waals surface area contributed by atoms with E-state index in [1.807, 2.05) is 27.8 Å². The zero-order valence-corrected chi connectivity index (χ0v) is 17.7. The Bertz CT molecular complexity index is 931. The third-order valence-corrected chi connectivity index (χ3v) is 7.26. The predicted octanol–water partition coefficient (Wildman–Crippen LogP) is 4.23. The van der Waals surface area contributed by atoms with Crippen molar-refractivity contribution in [2.45, 2.75) is 6.42 Å². The maximum atomic E-state index is 12.6. The van der Waals surface area contributed by atoms with Gasteiger partial charge in [0.15, 0.2) is 0 Å². The second-order valence-corrected chi connectivity index (χ2v) is 9.02. The molecule has 0 atom stereocenters. The van der Waals surface area contributed by atoms with Gasteiger partial charge in [0, 0.05) is 47.1 Å². The first-order valence-electron chi connectivity index (χ1n) is 8.59. The summed E-state index contributed by atoms with van der Waals surface area (Å²) in [5.74, 6) is 0.398. The van der Waals surface area contributed by atoms with Crippen molar-refractivity contribution in [1.82, 2.24) is 9.88 Å². The Morgan fingerprint density at radius 1 is 1.11 bits per heavy atom. The molecular formula is C19H18BrN3O2S2. The molecule has 0 spiro atoms. The van der Waals surface area contributed by atoms with Crippen LogP contribution in [0.1, 0.15) is 5.69 Å². The standard InChI is InChI=1S/C19H18BrN3O2S2/c20-13-9-17(26-11-13)19-21-14(12-27-19)10-18(25)23-7-5-22(6-8-23)15-1-3-16(24)4-2-15/h1-4,9,11-12,24H,5-8,10H2. The van der Waals surface area contributed by atoms with E-state index >= 15 is 0 Å². The molecule has 5 nitrogen and oxygen atoms in total. The van der Waals surface area contributed by atoms with Crippen LogP contribution in [0.4, 0.5) is 5.69 Å². The minimum absolute atomic E-state index is 0.129. The number of carbonyl (C=O) groups is 1. The van der Waals surface area contributed by atoms with Crippen LogP contribution in [-0.2, 0) is 11.2 Å². The number of phenolic OH excluding ortho intramolecular Hbond substituents is 1. The van der Waals surface area contributed by atoms with Crippen LogP contribution in [0.3, 0.4) is 0 Å². The van der Waals surface area contributed by atoms with Gasteiger partial charge in [-0.25, -0.2) is 4.98 Å². The Hall–Kier alpha value is -1.90. The summed E-state index contributed by atoms with van der Waals surface area (Å²) in [5.41, 5.74) is 1.91. The largest absolute Gasteiger partial charge is 0.508 e. The van der Waals surface area contributed by atoms with E-state index in [9.17, 15) is 9.90 Å². The number of benzene rings is 1. The van der Waals surface area contributed by atoms with Gasteiger partial charge in [0.1, 0.15) is 10.8 Å². The highest BCUT2D eigenvalue weighted by Crippen LogP contribution is 2.32. The molecule has 0 radical (unpaired) electrons. The molecule has 3 heterocycles. The van der Waals surface area contributed by atoms with E-state index in [0.29, 0.717) is 19.5 Å². The van der Waals surface area contributed by atoms with E-state index in [4.69, 9.17) is 0 Å². The lowest BCUT2D eigenvalue weighted by Gasteiger charge is -2.36. The minimum atomic E-state index is 0.129. The molecule has 0 aliphatic carbocycles. The molecule has 1 fully saturated rings. The molecule has 27 heavy (non-hydrogen) atoms. The fourth-order valence-corrected chi connectivity index (χ4v) is 5.40. The van der Waals surface area contributed by atoms with Gasteiger partial charge in [-0.3, -0.25) is 4.79 Å². The maximum Gasteiger partial charge on any atom is 0.228 e. The number of carbonyl (C=O) groups excluding carboxylic acids is 1. The monoisotopic (exact) mass is 463 g/mol. The van der Waals surface area contributed by atoms with Crippen LogP contribution in [0.15, 0.2) is 45.6 Å². The van der Waals surface area contributed by atoms with Crippen molar-refractivity contribution in [2.24, 2.45) is 0 Å². The first kappa shape index (κ1) is 18.5. The Kier molecular flexibility index (Phi) is 5.47. The van der Waals surface area contributed by atoms with Crippen LogP contribution in [0.25, 0.3) is 9.88 Å². The Morgan fingerprint density at radius 2 is 1.85 bits per heavy atom. The smallest absolute Gasteiger partial charge is 0.228 e. The third kappa shape index (κ3) is 4.34. The molecule has 8 heteroatoms. The summed E-state index contributed by atoms with van der Waals surface area (Å²) in [6.07, 6.45) is 0.349. The fraction of sp³-hybridized carbons (Fsp3) is 0.263. The first-order valence-corrected chi connectivity index (χ1v) is 11.1. The maximum absolute atomic E-state index is 12.6. The van der Waals surface area contributed by atoms with Crippen molar-refractivity contribution in [3.05, 3.63) is 51.3 Å². The fourth-order valence-electron chi connectivity index (χ4n) is 3.07. The molecule has 4 rings (SSSR count). The van der Waals surface area contributed by atoms with Crippen LogP contribution in [0.2, 0.25) is 0 Å². The molecule has 0 unspecified atom stereocenters. The van der Waals surface area contributed by atoms with Gasteiger partial charge in [-0.2, -0.15) is 0 Å². The van der Waals surface area contributed by atoms with Crippen molar-refractivity contribution >= 4 is 50.2 Å². The van der Waals surface area contributed by atoms with Crippen molar-refractivity contribution < 1.29 is 9.90 Å². The molecular weight excluding hydrogens is 446 g/mol. The summed E-state index contributed by atoms with van der Waals surface area (Å²) in [6.45, 7) is 2.99. The minimum Gasteiger partial charge on any atom is -0.508 e. The lowest BCUT2D eigenvalue weighted by molar-refractivity contribution is -0.130. The number of thiazole rings is 1. The Morgan fingerprint density at radius 3 is 2.52 bits per heavy atom. The van der Waals surface area contributed by atoms with Gasteiger partial charge in [0.2, 0.25) is 5.91 Å². The number of phenols is 1. The number of amides is 1. The molecule has 1 aliphatic heterocycles. The van der Waals surface area contributed by atoms with Gasteiger partial charge < -0.3 is 14.9 Å². The van der Waals surface area contributed by atoms with Gasteiger partial charge in [0.25, 0.3) is 0 Å². The van der Waals surface area contributed by atoms with E-state index in [2.05, 4.69) is 31.9 Å². The first-order chi connectivity index (χ1) is 13.1. The van der Waals surface area contributed by atoms with Crippen LogP contribution in [0.5, 0.6) is 5.75 Å². The van der Waals surface area contributed by atoms with E-state index in [-0.39, 0.29) is 11.7 Å². The topological polar surface area (TPSA) is 56.7 Å². The molecule has 3 aromatic rings.